The zero-order valence-corrected chi connectivity index (χ0v) is 11.8. The smallest absolute Gasteiger partial charge is 0.410 e. The fourth-order valence-electron chi connectivity index (χ4n) is 3.15. The van der Waals surface area contributed by atoms with E-state index in [2.05, 4.69) is 0 Å². The number of hydrogen-bond donors (Lipinski definition) is 0. The van der Waals surface area contributed by atoms with Crippen LogP contribution in [0.1, 0.15) is 33.6 Å². The summed E-state index contributed by atoms with van der Waals surface area (Å²) in [6.45, 7) is 5.94. The van der Waals surface area contributed by atoms with Gasteiger partial charge in [0.2, 0.25) is 0 Å². The van der Waals surface area contributed by atoms with Crippen LogP contribution in [0.5, 0.6) is 0 Å². The number of nitrogens with zero attached hydrogens (tertiary/aromatic N) is 1. The number of Topliss-reactive ketones (excluding diaryl/α,β-unsaturated/α-hetero) is 1. The molecule has 19 heavy (non-hydrogen) atoms. The molecule has 1 amide bonds. The molecule has 0 aromatic heterocycles. The minimum Gasteiger partial charge on any atom is -0.444 e. The van der Waals surface area contributed by atoms with Crippen molar-refractivity contribution in [2.45, 2.75) is 39.2 Å². The zero-order valence-electron chi connectivity index (χ0n) is 11.8. The van der Waals surface area contributed by atoms with Gasteiger partial charge in [-0.05, 0) is 45.4 Å². The first-order valence-electron chi connectivity index (χ1n) is 6.86. The minimum absolute atomic E-state index is 0.138. The average Bonchev–Trinajstić information content (AvgIpc) is 2.82. The molecule has 5 heteroatoms. The summed E-state index contributed by atoms with van der Waals surface area (Å²) < 4.78 is 17.7. The quantitative estimate of drug-likeness (QED) is 0.775. The van der Waals surface area contributed by atoms with Gasteiger partial charge in [0.25, 0.3) is 0 Å². The Labute approximate surface area is 113 Å². The largest absolute Gasteiger partial charge is 0.444 e. The van der Waals surface area contributed by atoms with Crippen molar-refractivity contribution in [1.29, 1.82) is 0 Å². The number of ether oxygens (including phenoxy) is 1. The maximum absolute atomic E-state index is 12.4. The monoisotopic (exact) mass is 271 g/mol. The van der Waals surface area contributed by atoms with Gasteiger partial charge in [-0.2, -0.15) is 0 Å². The second-order valence-electron chi connectivity index (χ2n) is 6.67. The standard InChI is InChI=1S/C14H22FNO3/c1-14(2,3)19-13(18)16-7-10-4-9(12(17)6-15)5-11(10)8-16/h9-11H,4-8H2,1-3H3. The average molecular weight is 271 g/mol. The molecule has 1 aliphatic carbocycles. The Balaban J connectivity index is 1.87. The highest BCUT2D eigenvalue weighted by Gasteiger charge is 2.45. The van der Waals surface area contributed by atoms with Crippen molar-refractivity contribution in [3.8, 4) is 0 Å². The molecule has 2 rings (SSSR count). The fourth-order valence-corrected chi connectivity index (χ4v) is 3.15. The number of hydrogen-bond acceptors (Lipinski definition) is 3. The Morgan fingerprint density at radius 2 is 1.74 bits per heavy atom. The summed E-state index contributed by atoms with van der Waals surface area (Å²) in [5.74, 6) is 0.236. The van der Waals surface area contributed by atoms with Gasteiger partial charge in [0.1, 0.15) is 12.3 Å². The number of rotatable bonds is 2. The summed E-state index contributed by atoms with van der Waals surface area (Å²) >= 11 is 0. The number of carbonyl (C=O) groups excluding carboxylic acids is 2. The molecule has 1 heterocycles. The molecule has 2 aliphatic rings. The molecule has 0 aromatic carbocycles. The lowest BCUT2D eigenvalue weighted by atomic mass is 10.0. The topological polar surface area (TPSA) is 46.6 Å². The van der Waals surface area contributed by atoms with Crippen LogP contribution in [0.2, 0.25) is 0 Å². The number of carbonyl (C=O) groups is 2. The molecule has 0 radical (unpaired) electrons. The molecule has 2 fully saturated rings. The Kier molecular flexibility index (Phi) is 3.83. The van der Waals surface area contributed by atoms with Gasteiger partial charge < -0.3 is 9.64 Å². The van der Waals surface area contributed by atoms with Crippen molar-refractivity contribution in [2.24, 2.45) is 17.8 Å². The highest BCUT2D eigenvalue weighted by Crippen LogP contribution is 2.42. The van der Waals surface area contributed by atoms with Crippen LogP contribution in [0.15, 0.2) is 0 Å². The van der Waals surface area contributed by atoms with Crippen molar-refractivity contribution in [1.82, 2.24) is 4.90 Å². The van der Waals surface area contributed by atoms with E-state index in [1.54, 1.807) is 4.90 Å². The number of amides is 1. The first-order chi connectivity index (χ1) is 8.80. The number of likely N-dealkylation sites (tertiary alicyclic amines) is 1. The third kappa shape index (κ3) is 3.25. The van der Waals surface area contributed by atoms with Gasteiger partial charge in [-0.1, -0.05) is 0 Å². The maximum Gasteiger partial charge on any atom is 0.410 e. The Morgan fingerprint density at radius 1 is 1.21 bits per heavy atom. The van der Waals surface area contributed by atoms with E-state index in [0.717, 1.165) is 0 Å². The first-order valence-corrected chi connectivity index (χ1v) is 6.86. The highest BCUT2D eigenvalue weighted by molar-refractivity contribution is 5.82. The molecule has 0 spiro atoms. The van der Waals surface area contributed by atoms with Crippen LogP contribution in [0.4, 0.5) is 9.18 Å². The van der Waals surface area contributed by atoms with Crippen molar-refractivity contribution >= 4 is 11.9 Å². The third-order valence-corrected chi connectivity index (χ3v) is 3.99. The molecule has 1 saturated heterocycles. The molecule has 1 aliphatic heterocycles. The zero-order chi connectivity index (χ0) is 14.2. The van der Waals surface area contributed by atoms with Crippen LogP contribution in [0, 0.1) is 17.8 Å². The van der Waals surface area contributed by atoms with Crippen molar-refractivity contribution in [2.75, 3.05) is 19.8 Å². The van der Waals surface area contributed by atoms with Gasteiger partial charge >= 0.3 is 6.09 Å². The van der Waals surface area contributed by atoms with Gasteiger partial charge in [0.15, 0.2) is 5.78 Å². The third-order valence-electron chi connectivity index (χ3n) is 3.99. The maximum atomic E-state index is 12.4. The van der Waals surface area contributed by atoms with E-state index < -0.39 is 12.3 Å². The Bertz CT molecular complexity index is 363. The van der Waals surface area contributed by atoms with Gasteiger partial charge in [-0.3, -0.25) is 4.79 Å². The summed E-state index contributed by atoms with van der Waals surface area (Å²) in [6, 6.07) is 0. The summed E-state index contributed by atoms with van der Waals surface area (Å²) in [7, 11) is 0. The molecule has 0 N–H and O–H groups in total. The summed E-state index contributed by atoms with van der Waals surface area (Å²) in [4.78, 5) is 25.0. The lowest BCUT2D eigenvalue weighted by Gasteiger charge is -2.25. The minimum atomic E-state index is -0.861. The van der Waals surface area contributed by atoms with E-state index in [-0.39, 0.29) is 17.8 Å². The van der Waals surface area contributed by atoms with Crippen molar-refractivity contribution < 1.29 is 18.7 Å². The molecule has 0 aromatic rings. The van der Waals surface area contributed by atoms with Crippen LogP contribution in [-0.2, 0) is 9.53 Å². The van der Waals surface area contributed by atoms with Gasteiger partial charge in [0, 0.05) is 19.0 Å². The first kappa shape index (κ1) is 14.3. The van der Waals surface area contributed by atoms with Crippen LogP contribution >= 0.6 is 0 Å². The summed E-state index contributed by atoms with van der Waals surface area (Å²) in [5, 5.41) is 0. The van der Waals surface area contributed by atoms with Crippen molar-refractivity contribution in [3.63, 3.8) is 0 Å². The number of fused-ring (bicyclic) bond motifs is 1. The molecule has 0 bridgehead atoms. The van der Waals surface area contributed by atoms with Crippen LogP contribution < -0.4 is 0 Å². The lowest BCUT2D eigenvalue weighted by Crippen LogP contribution is -2.36. The molecule has 108 valence electrons. The van der Waals surface area contributed by atoms with Gasteiger partial charge in [0.05, 0.1) is 0 Å². The molecule has 2 atom stereocenters. The van der Waals surface area contributed by atoms with E-state index in [0.29, 0.717) is 37.8 Å². The van der Waals surface area contributed by atoms with Gasteiger partial charge in [-0.25, -0.2) is 9.18 Å². The van der Waals surface area contributed by atoms with E-state index in [1.165, 1.54) is 0 Å². The molecule has 2 unspecified atom stereocenters. The molecule has 1 saturated carbocycles. The predicted octanol–water partition coefficient (Wildman–Crippen LogP) is 2.42. The number of alkyl halides is 1. The number of ketones is 1. The normalized spacial score (nSPS) is 30.3. The van der Waals surface area contributed by atoms with Crippen molar-refractivity contribution in [3.05, 3.63) is 0 Å². The van der Waals surface area contributed by atoms with E-state index >= 15 is 0 Å². The van der Waals surface area contributed by atoms with Crippen LogP contribution in [0.25, 0.3) is 0 Å². The molecular formula is C14H22FNO3. The number of halogens is 1. The predicted molar refractivity (Wildman–Crippen MR) is 68.5 cm³/mol. The second-order valence-corrected chi connectivity index (χ2v) is 6.67. The summed E-state index contributed by atoms with van der Waals surface area (Å²) in [6.07, 6.45) is 1.15. The van der Waals surface area contributed by atoms with Crippen LogP contribution in [-0.4, -0.2) is 42.1 Å². The molecule has 4 nitrogen and oxygen atoms in total. The van der Waals surface area contributed by atoms with Crippen LogP contribution in [0.3, 0.4) is 0 Å². The van der Waals surface area contributed by atoms with E-state index in [1.807, 2.05) is 20.8 Å². The Hall–Kier alpha value is -1.13. The lowest BCUT2D eigenvalue weighted by molar-refractivity contribution is -0.123. The van der Waals surface area contributed by atoms with Gasteiger partial charge in [-0.15, -0.1) is 0 Å². The summed E-state index contributed by atoms with van der Waals surface area (Å²) in [5.41, 5.74) is -0.485. The fraction of sp³-hybridized carbons (Fsp3) is 0.857. The van der Waals surface area contributed by atoms with E-state index in [9.17, 15) is 14.0 Å². The highest BCUT2D eigenvalue weighted by atomic mass is 19.1. The Morgan fingerprint density at radius 3 is 2.16 bits per heavy atom. The second kappa shape index (κ2) is 5.10. The molecular weight excluding hydrogens is 249 g/mol. The SMILES string of the molecule is CC(C)(C)OC(=O)N1CC2CC(C(=O)CF)CC2C1. The van der Waals surface area contributed by atoms with E-state index in [4.69, 9.17) is 4.74 Å².